The summed E-state index contributed by atoms with van der Waals surface area (Å²) in [6.45, 7) is 2.34. The third kappa shape index (κ3) is 7.24. The van der Waals surface area contributed by atoms with Gasteiger partial charge in [-0.05, 0) is 61.9 Å². The number of ether oxygens (including phenoxy) is 2. The molecule has 1 unspecified atom stereocenters. The molecule has 2 N–H and O–H groups in total. The summed E-state index contributed by atoms with van der Waals surface area (Å²) in [5.41, 5.74) is 4.85. The van der Waals surface area contributed by atoms with E-state index in [4.69, 9.17) is 21.1 Å². The number of halogens is 1. The predicted molar refractivity (Wildman–Crippen MR) is 149 cm³/mol. The van der Waals surface area contributed by atoms with Crippen LogP contribution in [0.5, 0.6) is 5.75 Å². The van der Waals surface area contributed by atoms with Crippen molar-refractivity contribution in [2.24, 2.45) is 4.99 Å². The minimum absolute atomic E-state index is 0.0803. The normalized spacial score (nSPS) is 15.6. The Bertz CT molecular complexity index is 1320. The van der Waals surface area contributed by atoms with Crippen LogP contribution in [0, 0.1) is 6.92 Å². The maximum atomic E-state index is 12.5. The van der Waals surface area contributed by atoms with Gasteiger partial charge in [-0.1, -0.05) is 71.8 Å². The van der Waals surface area contributed by atoms with Crippen LogP contribution < -0.4 is 4.74 Å². The molecule has 0 aliphatic carbocycles. The number of carbonyl (C=O) groups excluding carboxylic acids is 1. The molecule has 4 rings (SSSR count). The zero-order chi connectivity index (χ0) is 26.9. The number of unbranched alkanes of at least 4 members (excludes halogenated alkanes) is 1. The van der Waals surface area contributed by atoms with Gasteiger partial charge < -0.3 is 19.7 Å². The number of nitrogens with zero attached hydrogens (tertiary/aromatic N) is 1. The molecule has 1 aliphatic rings. The minimum atomic E-state index is -1.03. The lowest BCUT2D eigenvalue weighted by Crippen LogP contribution is -2.15. The van der Waals surface area contributed by atoms with Crippen LogP contribution in [0.4, 0.5) is 0 Å². The van der Waals surface area contributed by atoms with E-state index in [1.807, 2.05) is 79.7 Å². The van der Waals surface area contributed by atoms with Crippen molar-refractivity contribution in [3.63, 3.8) is 0 Å². The fourth-order valence-electron chi connectivity index (χ4n) is 4.33. The number of aliphatic hydroxyl groups excluding tert-OH is 2. The van der Waals surface area contributed by atoms with Gasteiger partial charge in [0.25, 0.3) is 0 Å². The monoisotopic (exact) mass is 533 g/mol. The van der Waals surface area contributed by atoms with Crippen molar-refractivity contribution >= 4 is 23.3 Å². The molecule has 0 radical (unpaired) electrons. The summed E-state index contributed by atoms with van der Waals surface area (Å²) in [4.78, 5) is 17.1. The van der Waals surface area contributed by atoms with Gasteiger partial charge in [-0.3, -0.25) is 4.99 Å². The topological polar surface area (TPSA) is 88.3 Å². The maximum absolute atomic E-state index is 12.5. The average molecular weight is 534 g/mol. The molecule has 38 heavy (non-hydrogen) atoms. The number of carbonyl (C=O) groups is 1. The standard InChI is InChI=1S/C31H32ClNO5/c1-21-7-6-9-23(17-21)18-33-27(29-30(35)28(19-34)38-31(29)36)12-5-2-8-22-13-15-25(16-14-22)37-20-24-10-3-4-11-26(24)32/h3-4,6-7,9-11,13-17,28,34-35H,2,5,8,12,18-20H2,1H3. The summed E-state index contributed by atoms with van der Waals surface area (Å²) in [6, 6.07) is 23.6. The largest absolute Gasteiger partial charge is 0.507 e. The Labute approximate surface area is 228 Å². The number of benzene rings is 3. The predicted octanol–water partition coefficient (Wildman–Crippen LogP) is 6.31. The molecule has 1 aliphatic heterocycles. The van der Waals surface area contributed by atoms with E-state index in [0.29, 0.717) is 30.3 Å². The first-order valence-corrected chi connectivity index (χ1v) is 13.1. The number of esters is 1. The molecule has 198 valence electrons. The zero-order valence-corrected chi connectivity index (χ0v) is 22.2. The van der Waals surface area contributed by atoms with Crippen molar-refractivity contribution in [1.82, 2.24) is 0 Å². The van der Waals surface area contributed by atoms with Crippen LogP contribution in [0.2, 0.25) is 5.02 Å². The van der Waals surface area contributed by atoms with Crippen LogP contribution >= 0.6 is 11.6 Å². The van der Waals surface area contributed by atoms with Crippen LogP contribution in [0.25, 0.3) is 0 Å². The number of cyclic esters (lactones) is 1. The molecule has 1 atom stereocenters. The van der Waals surface area contributed by atoms with Crippen LogP contribution in [0.1, 0.15) is 41.5 Å². The number of aryl methyl sites for hydroxylation is 2. The smallest absolute Gasteiger partial charge is 0.344 e. The molecule has 0 saturated carbocycles. The van der Waals surface area contributed by atoms with Crippen LogP contribution in [-0.4, -0.2) is 34.6 Å². The van der Waals surface area contributed by atoms with E-state index in [0.717, 1.165) is 41.7 Å². The fourth-order valence-corrected chi connectivity index (χ4v) is 4.52. The first kappa shape index (κ1) is 27.4. The molecule has 3 aromatic carbocycles. The van der Waals surface area contributed by atoms with Crippen molar-refractivity contribution in [1.29, 1.82) is 0 Å². The van der Waals surface area contributed by atoms with Crippen LogP contribution in [0.15, 0.2) is 89.1 Å². The Morgan fingerprint density at radius 2 is 1.82 bits per heavy atom. The number of aliphatic hydroxyl groups is 2. The Balaban J connectivity index is 1.34. The van der Waals surface area contributed by atoms with E-state index >= 15 is 0 Å². The van der Waals surface area contributed by atoms with Gasteiger partial charge in [-0.15, -0.1) is 0 Å². The van der Waals surface area contributed by atoms with E-state index in [2.05, 4.69) is 4.99 Å². The molecular weight excluding hydrogens is 502 g/mol. The summed E-state index contributed by atoms with van der Waals surface area (Å²) in [6.07, 6.45) is 1.98. The van der Waals surface area contributed by atoms with E-state index in [1.54, 1.807) is 0 Å². The first-order valence-electron chi connectivity index (χ1n) is 12.7. The molecule has 0 amide bonds. The molecular formula is C31H32ClNO5. The van der Waals surface area contributed by atoms with Crippen molar-refractivity contribution in [3.8, 4) is 5.75 Å². The lowest BCUT2D eigenvalue weighted by Gasteiger charge is -2.09. The molecule has 0 fully saturated rings. The maximum Gasteiger partial charge on any atom is 0.344 e. The third-order valence-corrected chi connectivity index (χ3v) is 6.78. The molecule has 0 aromatic heterocycles. The lowest BCUT2D eigenvalue weighted by molar-refractivity contribution is -0.141. The van der Waals surface area contributed by atoms with Crippen molar-refractivity contribution in [3.05, 3.63) is 111 Å². The van der Waals surface area contributed by atoms with E-state index in [1.165, 1.54) is 5.56 Å². The van der Waals surface area contributed by atoms with Gasteiger partial charge >= 0.3 is 5.97 Å². The van der Waals surface area contributed by atoms with Crippen molar-refractivity contribution in [2.45, 2.75) is 51.9 Å². The van der Waals surface area contributed by atoms with Gasteiger partial charge in [0, 0.05) is 10.6 Å². The lowest BCUT2D eigenvalue weighted by atomic mass is 10.0. The van der Waals surface area contributed by atoms with Gasteiger partial charge in [0.1, 0.15) is 17.9 Å². The zero-order valence-electron chi connectivity index (χ0n) is 21.4. The summed E-state index contributed by atoms with van der Waals surface area (Å²) >= 11 is 6.20. The van der Waals surface area contributed by atoms with Gasteiger partial charge in [0.05, 0.1) is 18.9 Å². The van der Waals surface area contributed by atoms with Gasteiger partial charge in [0.15, 0.2) is 11.9 Å². The van der Waals surface area contributed by atoms with Gasteiger partial charge in [0.2, 0.25) is 0 Å². The number of hydrogen-bond donors (Lipinski definition) is 2. The minimum Gasteiger partial charge on any atom is -0.507 e. The van der Waals surface area contributed by atoms with E-state index in [-0.39, 0.29) is 11.3 Å². The summed E-state index contributed by atoms with van der Waals surface area (Å²) in [5, 5.41) is 20.6. The molecule has 0 saturated heterocycles. The van der Waals surface area contributed by atoms with Crippen LogP contribution in [0.3, 0.4) is 0 Å². The molecule has 0 spiro atoms. The molecule has 1 heterocycles. The summed E-state index contributed by atoms with van der Waals surface area (Å²) in [7, 11) is 0. The highest BCUT2D eigenvalue weighted by molar-refractivity contribution is 6.31. The second kappa shape index (κ2) is 13.3. The highest BCUT2D eigenvalue weighted by Gasteiger charge is 2.36. The van der Waals surface area contributed by atoms with E-state index < -0.39 is 18.7 Å². The molecule has 3 aromatic rings. The highest BCUT2D eigenvalue weighted by atomic mass is 35.5. The van der Waals surface area contributed by atoms with Gasteiger partial charge in [-0.25, -0.2) is 4.79 Å². The Morgan fingerprint density at radius 1 is 1.03 bits per heavy atom. The average Bonchev–Trinajstić information content (AvgIpc) is 3.21. The summed E-state index contributed by atoms with van der Waals surface area (Å²) in [5.74, 6) is -0.107. The highest BCUT2D eigenvalue weighted by Crippen LogP contribution is 2.25. The Kier molecular flexibility index (Phi) is 9.57. The van der Waals surface area contributed by atoms with Crippen molar-refractivity contribution in [2.75, 3.05) is 6.61 Å². The van der Waals surface area contributed by atoms with Gasteiger partial charge in [-0.2, -0.15) is 0 Å². The van der Waals surface area contributed by atoms with Crippen LogP contribution in [-0.2, 0) is 29.1 Å². The first-order chi connectivity index (χ1) is 18.4. The second-order valence-electron chi connectivity index (χ2n) is 9.32. The SMILES string of the molecule is Cc1cccc(CN=C(CCCCc2ccc(OCc3ccccc3Cl)cc2)C2=C(O)C(CO)OC2=O)c1. The third-order valence-electron chi connectivity index (χ3n) is 6.41. The summed E-state index contributed by atoms with van der Waals surface area (Å²) < 4.78 is 11.0. The second-order valence-corrected chi connectivity index (χ2v) is 9.73. The Hall–Kier alpha value is -3.61. The van der Waals surface area contributed by atoms with Crippen molar-refractivity contribution < 1.29 is 24.5 Å². The molecule has 6 nitrogen and oxygen atoms in total. The quantitative estimate of drug-likeness (QED) is 0.162. The molecule has 7 heteroatoms. The number of rotatable bonds is 12. The number of aliphatic imine (C=N–C) groups is 1. The number of hydrogen-bond acceptors (Lipinski definition) is 6. The fraction of sp³-hybridized carbons (Fsp3) is 0.290. The molecule has 0 bridgehead atoms. The van der Waals surface area contributed by atoms with E-state index in [9.17, 15) is 15.0 Å². The Morgan fingerprint density at radius 3 is 2.53 bits per heavy atom.